The summed E-state index contributed by atoms with van der Waals surface area (Å²) < 4.78 is 24.2. The summed E-state index contributed by atoms with van der Waals surface area (Å²) in [5, 5.41) is 22.8. The van der Waals surface area contributed by atoms with Crippen molar-refractivity contribution in [3.05, 3.63) is 59.7 Å². The smallest absolute Gasteiger partial charge is 0.276 e. The second-order valence-electron chi connectivity index (χ2n) is 4.64. The lowest BCUT2D eigenvalue weighted by atomic mass is 10.1. The number of phenols is 1. The fraction of sp³-hybridized carbons (Fsp3) is 0.133. The van der Waals surface area contributed by atoms with Gasteiger partial charge in [-0.1, -0.05) is 29.8 Å². The molecule has 22 heavy (non-hydrogen) atoms. The van der Waals surface area contributed by atoms with E-state index in [1.807, 2.05) is 6.92 Å². The van der Waals surface area contributed by atoms with E-state index >= 15 is 0 Å². The number of rotatable bonds is 5. The summed E-state index contributed by atoms with van der Waals surface area (Å²) in [4.78, 5) is 2.13. The molecule has 6 nitrogen and oxygen atoms in total. The Morgan fingerprint density at radius 1 is 1.14 bits per heavy atom. The van der Waals surface area contributed by atoms with Gasteiger partial charge in [-0.2, -0.15) is 18.4 Å². The molecule has 7 heteroatoms. The van der Waals surface area contributed by atoms with Crippen LogP contribution < -0.4 is 4.83 Å². The number of aliphatic hydroxyl groups is 1. The molecule has 0 radical (unpaired) electrons. The van der Waals surface area contributed by atoms with E-state index in [2.05, 4.69) is 9.93 Å². The highest BCUT2D eigenvalue weighted by atomic mass is 32.2. The molecule has 0 aliphatic carbocycles. The van der Waals surface area contributed by atoms with Gasteiger partial charge in [0, 0.05) is 5.56 Å². The third-order valence-electron chi connectivity index (χ3n) is 3.00. The Hall–Kier alpha value is -2.38. The van der Waals surface area contributed by atoms with Crippen molar-refractivity contribution in [3.8, 4) is 5.75 Å². The predicted molar refractivity (Wildman–Crippen MR) is 83.2 cm³/mol. The Morgan fingerprint density at radius 3 is 2.36 bits per heavy atom. The van der Waals surface area contributed by atoms with Gasteiger partial charge in [-0.05, 0) is 31.2 Å². The molecule has 0 aliphatic rings. The number of aliphatic hydroxyl groups excluding tert-OH is 1. The van der Waals surface area contributed by atoms with Crippen molar-refractivity contribution in [1.82, 2.24) is 4.83 Å². The molecule has 0 amide bonds. The molecule has 3 N–H and O–H groups in total. The first kappa shape index (κ1) is 16.0. The molecule has 0 aromatic heterocycles. The first-order valence-electron chi connectivity index (χ1n) is 6.48. The van der Waals surface area contributed by atoms with Crippen LogP contribution in [0.3, 0.4) is 0 Å². The van der Waals surface area contributed by atoms with Crippen LogP contribution in [0.2, 0.25) is 0 Å². The van der Waals surface area contributed by atoms with Gasteiger partial charge in [0.25, 0.3) is 10.0 Å². The van der Waals surface area contributed by atoms with Crippen molar-refractivity contribution in [2.75, 3.05) is 6.61 Å². The van der Waals surface area contributed by atoms with Gasteiger partial charge in [0.2, 0.25) is 0 Å². The summed E-state index contributed by atoms with van der Waals surface area (Å²) in [7, 11) is -3.83. The molecule has 116 valence electrons. The standard InChI is InChI=1S/C15H16N2O4S/c1-11-6-8-12(9-7-11)22(20,21)17-16-14(10-18)13-4-2-3-5-15(13)19/h2-9,17-19H,10H2,1H3/b16-14+. The lowest BCUT2D eigenvalue weighted by molar-refractivity contribution is 0.356. The molecular weight excluding hydrogens is 304 g/mol. The Labute approximate surface area is 128 Å². The van der Waals surface area contributed by atoms with Crippen LogP contribution in [-0.4, -0.2) is 30.9 Å². The zero-order valence-corrected chi connectivity index (χ0v) is 12.7. The minimum atomic E-state index is -3.83. The lowest BCUT2D eigenvalue weighted by Crippen LogP contribution is -2.22. The van der Waals surface area contributed by atoms with Gasteiger partial charge in [-0.3, -0.25) is 0 Å². The molecule has 2 rings (SSSR count). The van der Waals surface area contributed by atoms with Crippen LogP contribution in [0.1, 0.15) is 11.1 Å². The van der Waals surface area contributed by atoms with Gasteiger partial charge < -0.3 is 10.2 Å². The summed E-state index contributed by atoms with van der Waals surface area (Å²) in [6.07, 6.45) is 0. The van der Waals surface area contributed by atoms with E-state index in [1.165, 1.54) is 24.3 Å². The minimum absolute atomic E-state index is 0.0220. The van der Waals surface area contributed by atoms with Crippen LogP contribution in [0.15, 0.2) is 58.5 Å². The van der Waals surface area contributed by atoms with Gasteiger partial charge in [0.05, 0.1) is 17.2 Å². The van der Waals surface area contributed by atoms with Crippen LogP contribution in [0.5, 0.6) is 5.75 Å². The first-order valence-corrected chi connectivity index (χ1v) is 7.96. The first-order chi connectivity index (χ1) is 10.4. The molecule has 0 saturated heterocycles. The van der Waals surface area contributed by atoms with Crippen molar-refractivity contribution in [2.24, 2.45) is 5.10 Å². The number of hydrazone groups is 1. The van der Waals surface area contributed by atoms with Crippen LogP contribution in [-0.2, 0) is 10.0 Å². The van der Waals surface area contributed by atoms with Crippen molar-refractivity contribution in [3.63, 3.8) is 0 Å². The Balaban J connectivity index is 2.28. The molecular formula is C15H16N2O4S. The highest BCUT2D eigenvalue weighted by molar-refractivity contribution is 7.89. The quantitative estimate of drug-likeness (QED) is 0.572. The zero-order chi connectivity index (χ0) is 16.2. The van der Waals surface area contributed by atoms with Crippen molar-refractivity contribution < 1.29 is 18.6 Å². The number of benzene rings is 2. The topological polar surface area (TPSA) is 99.0 Å². The van der Waals surface area contributed by atoms with E-state index in [0.717, 1.165) is 5.56 Å². The minimum Gasteiger partial charge on any atom is -0.507 e. The van der Waals surface area contributed by atoms with Gasteiger partial charge >= 0.3 is 0 Å². The average molecular weight is 320 g/mol. The van der Waals surface area contributed by atoms with Crippen molar-refractivity contribution >= 4 is 15.7 Å². The maximum atomic E-state index is 12.1. The highest BCUT2D eigenvalue weighted by Gasteiger charge is 2.14. The summed E-state index contributed by atoms with van der Waals surface area (Å²) in [6, 6.07) is 12.5. The van der Waals surface area contributed by atoms with E-state index in [9.17, 15) is 18.6 Å². The van der Waals surface area contributed by atoms with E-state index in [0.29, 0.717) is 0 Å². The third-order valence-corrected chi connectivity index (χ3v) is 4.22. The number of hydrogen-bond acceptors (Lipinski definition) is 5. The molecule has 0 unspecified atom stereocenters. The Kier molecular flexibility index (Phi) is 4.79. The zero-order valence-electron chi connectivity index (χ0n) is 11.9. The number of hydrogen-bond donors (Lipinski definition) is 3. The predicted octanol–water partition coefficient (Wildman–Crippen LogP) is 1.38. The van der Waals surface area contributed by atoms with Gasteiger partial charge in [-0.25, -0.2) is 0 Å². The molecule has 0 bridgehead atoms. The summed E-state index contributed by atoms with van der Waals surface area (Å²) in [6.45, 7) is 1.33. The number of phenolic OH excluding ortho intramolecular Hbond substituents is 1. The summed E-state index contributed by atoms with van der Waals surface area (Å²) >= 11 is 0. The Morgan fingerprint density at radius 2 is 1.77 bits per heavy atom. The number of para-hydroxylation sites is 1. The molecule has 2 aromatic carbocycles. The molecule has 0 aliphatic heterocycles. The average Bonchev–Trinajstić information content (AvgIpc) is 2.50. The number of nitrogens with zero attached hydrogens (tertiary/aromatic N) is 1. The third kappa shape index (κ3) is 3.63. The maximum Gasteiger partial charge on any atom is 0.276 e. The highest BCUT2D eigenvalue weighted by Crippen LogP contribution is 2.17. The van der Waals surface area contributed by atoms with E-state index in [1.54, 1.807) is 24.3 Å². The molecule has 0 spiro atoms. The molecule has 0 fully saturated rings. The largest absolute Gasteiger partial charge is 0.507 e. The number of aromatic hydroxyl groups is 1. The van der Waals surface area contributed by atoms with Crippen LogP contribution in [0.4, 0.5) is 0 Å². The van der Waals surface area contributed by atoms with Crippen molar-refractivity contribution in [2.45, 2.75) is 11.8 Å². The van der Waals surface area contributed by atoms with Crippen LogP contribution in [0.25, 0.3) is 0 Å². The molecule has 0 atom stereocenters. The number of sulfonamides is 1. The SMILES string of the molecule is Cc1ccc(S(=O)(=O)N/N=C(\CO)c2ccccc2O)cc1. The fourth-order valence-electron chi connectivity index (χ4n) is 1.78. The normalized spacial score (nSPS) is 12.2. The second-order valence-corrected chi connectivity index (χ2v) is 6.30. The van der Waals surface area contributed by atoms with Crippen LogP contribution >= 0.6 is 0 Å². The van der Waals surface area contributed by atoms with Crippen molar-refractivity contribution in [1.29, 1.82) is 0 Å². The summed E-state index contributed by atoms with van der Waals surface area (Å²) in [5.41, 5.74) is 1.22. The van der Waals surface area contributed by atoms with Gasteiger partial charge in [-0.15, -0.1) is 0 Å². The van der Waals surface area contributed by atoms with E-state index in [4.69, 9.17) is 0 Å². The van der Waals surface area contributed by atoms with Gasteiger partial charge in [0.1, 0.15) is 5.75 Å². The van der Waals surface area contributed by atoms with Gasteiger partial charge in [0.15, 0.2) is 0 Å². The van der Waals surface area contributed by atoms with E-state index < -0.39 is 16.6 Å². The molecule has 0 saturated carbocycles. The number of nitrogens with one attached hydrogen (secondary N) is 1. The fourth-order valence-corrected chi connectivity index (χ4v) is 2.61. The lowest BCUT2D eigenvalue weighted by Gasteiger charge is -2.08. The Bertz CT molecular complexity index is 783. The number of aryl methyl sites for hydroxylation is 1. The summed E-state index contributed by atoms with van der Waals surface area (Å²) in [5.74, 6) is -0.0927. The maximum absolute atomic E-state index is 12.1. The van der Waals surface area contributed by atoms with E-state index in [-0.39, 0.29) is 21.9 Å². The molecule has 2 aromatic rings. The monoisotopic (exact) mass is 320 g/mol. The molecule has 0 heterocycles. The second kappa shape index (κ2) is 6.59. The van der Waals surface area contributed by atoms with Crippen LogP contribution in [0, 0.1) is 6.92 Å².